The molecule has 35 heavy (non-hydrogen) atoms. The molecule has 1 aromatic rings. The van der Waals surface area contributed by atoms with Crippen LogP contribution in [0.15, 0.2) is 24.3 Å². The summed E-state index contributed by atoms with van der Waals surface area (Å²) in [6.45, 7) is 8.97. The minimum Gasteiger partial charge on any atom is -0.494 e. The Kier molecular flexibility index (Phi) is 7.20. The third-order valence-electron chi connectivity index (χ3n) is 10.1. The first kappa shape index (κ1) is 25.1. The van der Waals surface area contributed by atoms with E-state index in [0.717, 1.165) is 25.2 Å². The summed E-state index contributed by atoms with van der Waals surface area (Å²) in [6.07, 6.45) is 11.5. The van der Waals surface area contributed by atoms with Gasteiger partial charge in [-0.2, -0.15) is 0 Å². The Hall–Kier alpha value is -1.59. The average Bonchev–Trinajstić information content (AvgIpc) is 3.40. The van der Waals surface area contributed by atoms with Crippen molar-refractivity contribution < 1.29 is 23.7 Å². The van der Waals surface area contributed by atoms with E-state index in [1.165, 1.54) is 52.1 Å². The maximum atomic E-state index is 11.9. The number of carbonyl (C=O) groups excluding carboxylic acids is 1. The summed E-state index contributed by atoms with van der Waals surface area (Å²) in [7, 11) is 1.41. The number of benzene rings is 1. The highest BCUT2D eigenvalue weighted by molar-refractivity contribution is 5.89. The van der Waals surface area contributed by atoms with Crippen LogP contribution in [0, 0.1) is 34.5 Å². The second-order valence-electron chi connectivity index (χ2n) is 12.5. The largest absolute Gasteiger partial charge is 0.494 e. The summed E-state index contributed by atoms with van der Waals surface area (Å²) in [5, 5.41) is 0. The first-order valence-corrected chi connectivity index (χ1v) is 13.9. The van der Waals surface area contributed by atoms with Crippen LogP contribution in [-0.4, -0.2) is 38.7 Å². The molecule has 6 atom stereocenters. The first-order chi connectivity index (χ1) is 16.8. The second-order valence-corrected chi connectivity index (χ2v) is 12.5. The molecule has 194 valence electrons. The van der Waals surface area contributed by atoms with Crippen molar-refractivity contribution in [3.63, 3.8) is 0 Å². The number of rotatable bonds is 6. The molecule has 1 aromatic carbocycles. The minimum absolute atomic E-state index is 0.0353. The Morgan fingerprint density at radius 2 is 1.89 bits per heavy atom. The molecule has 3 aliphatic carbocycles. The molecule has 3 saturated carbocycles. The summed E-state index contributed by atoms with van der Waals surface area (Å²) in [5.74, 6) is 2.75. The van der Waals surface area contributed by atoms with E-state index in [4.69, 9.17) is 18.9 Å². The fourth-order valence-corrected chi connectivity index (χ4v) is 8.30. The SMILES string of the molecule is COC(=O)c1cccc(OCC[C@@H]2C(C)(C)CCC3C4CO[C@@H](C5CCCC5)O[C@@H]4CC[C@]32C)c1. The molecule has 0 aromatic heterocycles. The number of ether oxygens (including phenoxy) is 4. The lowest BCUT2D eigenvalue weighted by Crippen LogP contribution is -2.58. The molecule has 5 heteroatoms. The van der Waals surface area contributed by atoms with Crippen LogP contribution in [0.4, 0.5) is 0 Å². The number of esters is 1. The lowest BCUT2D eigenvalue weighted by atomic mass is 9.45. The van der Waals surface area contributed by atoms with E-state index in [0.29, 0.717) is 41.9 Å². The molecule has 0 spiro atoms. The van der Waals surface area contributed by atoms with Crippen LogP contribution in [0.2, 0.25) is 0 Å². The zero-order valence-corrected chi connectivity index (χ0v) is 22.1. The van der Waals surface area contributed by atoms with E-state index in [9.17, 15) is 4.79 Å². The predicted octanol–water partition coefficient (Wildman–Crippen LogP) is 6.64. The molecular weight excluding hydrogens is 440 g/mol. The van der Waals surface area contributed by atoms with Crippen LogP contribution in [-0.2, 0) is 14.2 Å². The molecule has 1 heterocycles. The first-order valence-electron chi connectivity index (χ1n) is 13.9. The fraction of sp³-hybridized carbons (Fsp3) is 0.767. The molecule has 4 fully saturated rings. The summed E-state index contributed by atoms with van der Waals surface area (Å²) in [5.41, 5.74) is 1.08. The molecule has 2 unspecified atom stereocenters. The van der Waals surface area contributed by atoms with Crippen LogP contribution in [0.3, 0.4) is 0 Å². The Balaban J connectivity index is 1.25. The van der Waals surface area contributed by atoms with Crippen molar-refractivity contribution in [3.8, 4) is 5.75 Å². The van der Waals surface area contributed by atoms with E-state index >= 15 is 0 Å². The monoisotopic (exact) mass is 484 g/mol. The van der Waals surface area contributed by atoms with Crippen LogP contribution in [0.1, 0.15) is 88.9 Å². The molecule has 1 saturated heterocycles. The normalized spacial score (nSPS) is 36.7. The highest BCUT2D eigenvalue weighted by atomic mass is 16.7. The van der Waals surface area contributed by atoms with Gasteiger partial charge >= 0.3 is 5.97 Å². The van der Waals surface area contributed by atoms with Crippen molar-refractivity contribution >= 4 is 5.97 Å². The van der Waals surface area contributed by atoms with Gasteiger partial charge in [-0.3, -0.25) is 0 Å². The summed E-state index contributed by atoms with van der Waals surface area (Å²) in [4.78, 5) is 11.9. The predicted molar refractivity (Wildman–Crippen MR) is 135 cm³/mol. The topological polar surface area (TPSA) is 54.0 Å². The van der Waals surface area contributed by atoms with Gasteiger partial charge in [0.2, 0.25) is 0 Å². The zero-order valence-electron chi connectivity index (χ0n) is 22.1. The van der Waals surface area contributed by atoms with Crippen molar-refractivity contribution in [2.75, 3.05) is 20.3 Å². The standard InChI is InChI=1S/C30H44O5/c1-29(2)15-12-24-23-19-34-28(20-8-5-6-9-20)35-25(23)13-16-30(24,3)26(29)14-17-33-22-11-7-10-21(18-22)27(31)32-4/h7,10-11,18,20,23-26,28H,5-6,8-9,12-17,19H2,1-4H3/t23?,24?,25-,26-,28-,30-/m1/s1. The summed E-state index contributed by atoms with van der Waals surface area (Å²) < 4.78 is 24.1. The number of hydrogen-bond donors (Lipinski definition) is 0. The number of methoxy groups -OCH3 is 1. The quantitative estimate of drug-likeness (QED) is 0.424. The molecular formula is C30H44O5. The highest BCUT2D eigenvalue weighted by Crippen LogP contribution is 2.62. The van der Waals surface area contributed by atoms with Gasteiger partial charge in [-0.25, -0.2) is 4.79 Å². The van der Waals surface area contributed by atoms with E-state index in [2.05, 4.69) is 20.8 Å². The molecule has 5 nitrogen and oxygen atoms in total. The van der Waals surface area contributed by atoms with E-state index in [-0.39, 0.29) is 23.1 Å². The maximum Gasteiger partial charge on any atom is 0.337 e. The van der Waals surface area contributed by atoms with Gasteiger partial charge in [-0.1, -0.05) is 39.7 Å². The molecule has 0 bridgehead atoms. The second kappa shape index (κ2) is 10.0. The van der Waals surface area contributed by atoms with E-state index in [1.54, 1.807) is 12.1 Å². The highest BCUT2D eigenvalue weighted by Gasteiger charge is 2.58. The molecule has 1 aliphatic heterocycles. The average molecular weight is 485 g/mol. The number of carbonyl (C=O) groups is 1. The van der Waals surface area contributed by atoms with Gasteiger partial charge in [-0.15, -0.1) is 0 Å². The zero-order chi connectivity index (χ0) is 24.6. The molecule has 4 aliphatic rings. The van der Waals surface area contributed by atoms with E-state index in [1.807, 2.05) is 12.1 Å². The summed E-state index contributed by atoms with van der Waals surface area (Å²) in [6, 6.07) is 7.32. The lowest BCUT2D eigenvalue weighted by Gasteiger charge is -2.62. The third-order valence-corrected chi connectivity index (χ3v) is 10.1. The van der Waals surface area contributed by atoms with Gasteiger partial charge in [0.05, 0.1) is 32.0 Å². The Bertz CT molecular complexity index is 890. The van der Waals surface area contributed by atoms with Crippen molar-refractivity contribution in [3.05, 3.63) is 29.8 Å². The van der Waals surface area contributed by atoms with Crippen LogP contribution < -0.4 is 4.74 Å². The van der Waals surface area contributed by atoms with Gasteiger partial charge in [-0.05, 0) is 85.8 Å². The number of hydrogen-bond acceptors (Lipinski definition) is 5. The lowest BCUT2D eigenvalue weighted by molar-refractivity contribution is -0.290. The fourth-order valence-electron chi connectivity index (χ4n) is 8.30. The maximum absolute atomic E-state index is 11.9. The molecule has 0 amide bonds. The van der Waals surface area contributed by atoms with Crippen molar-refractivity contribution in [1.29, 1.82) is 0 Å². The molecule has 0 radical (unpaired) electrons. The van der Waals surface area contributed by atoms with Gasteiger partial charge in [0.1, 0.15) is 5.75 Å². The Morgan fingerprint density at radius 1 is 1.09 bits per heavy atom. The number of fused-ring (bicyclic) bond motifs is 3. The molecule has 5 rings (SSSR count). The van der Waals surface area contributed by atoms with Crippen molar-refractivity contribution in [1.82, 2.24) is 0 Å². The Labute approximate surface area is 211 Å². The third kappa shape index (κ3) is 4.87. The van der Waals surface area contributed by atoms with Crippen LogP contribution in [0.5, 0.6) is 5.75 Å². The van der Waals surface area contributed by atoms with Crippen molar-refractivity contribution in [2.45, 2.75) is 91.0 Å². The minimum atomic E-state index is -0.330. The van der Waals surface area contributed by atoms with Gasteiger partial charge in [0, 0.05) is 11.8 Å². The van der Waals surface area contributed by atoms with Gasteiger partial charge in [0.25, 0.3) is 0 Å². The van der Waals surface area contributed by atoms with Crippen molar-refractivity contribution in [2.24, 2.45) is 34.5 Å². The summed E-state index contributed by atoms with van der Waals surface area (Å²) >= 11 is 0. The molecule has 0 N–H and O–H groups in total. The Morgan fingerprint density at radius 3 is 2.66 bits per heavy atom. The van der Waals surface area contributed by atoms with Gasteiger partial charge in [0.15, 0.2) is 6.29 Å². The van der Waals surface area contributed by atoms with E-state index < -0.39 is 0 Å². The van der Waals surface area contributed by atoms with Crippen LogP contribution in [0.25, 0.3) is 0 Å². The van der Waals surface area contributed by atoms with Crippen LogP contribution >= 0.6 is 0 Å². The van der Waals surface area contributed by atoms with Gasteiger partial charge < -0.3 is 18.9 Å². The smallest absolute Gasteiger partial charge is 0.337 e.